The third kappa shape index (κ3) is 4.83. The van der Waals surface area contributed by atoms with Crippen molar-refractivity contribution in [1.29, 1.82) is 0 Å². The van der Waals surface area contributed by atoms with Crippen LogP contribution in [-0.2, 0) is 29.3 Å². The zero-order valence-corrected chi connectivity index (χ0v) is 19.1. The summed E-state index contributed by atoms with van der Waals surface area (Å²) in [6.45, 7) is 3.54. The van der Waals surface area contributed by atoms with E-state index in [1.165, 1.54) is 24.3 Å². The Morgan fingerprint density at radius 2 is 1.23 bits per heavy atom. The van der Waals surface area contributed by atoms with Crippen LogP contribution in [0.5, 0.6) is 0 Å². The van der Waals surface area contributed by atoms with Gasteiger partial charge in [-0.3, -0.25) is 9.59 Å². The average Bonchev–Trinajstić information content (AvgIpc) is 2.67. The van der Waals surface area contributed by atoms with Gasteiger partial charge in [0.05, 0.1) is 15.5 Å². The molecule has 0 saturated carbocycles. The summed E-state index contributed by atoms with van der Waals surface area (Å²) in [6, 6.07) is 11.6. The molecule has 1 fully saturated rings. The van der Waals surface area contributed by atoms with Crippen LogP contribution >= 0.6 is 12.2 Å². The fourth-order valence-corrected chi connectivity index (χ4v) is 7.49. The zero-order valence-electron chi connectivity index (χ0n) is 16.7. The Morgan fingerprint density at radius 1 is 0.806 bits per heavy atom. The van der Waals surface area contributed by atoms with Crippen molar-refractivity contribution < 1.29 is 26.4 Å². The van der Waals surface area contributed by atoms with Gasteiger partial charge in [0.2, 0.25) is 11.8 Å². The van der Waals surface area contributed by atoms with E-state index in [1.807, 2.05) is 0 Å². The Hall–Kier alpha value is -2.63. The van der Waals surface area contributed by atoms with E-state index in [0.717, 1.165) is 11.1 Å². The van der Waals surface area contributed by atoms with Crippen LogP contribution in [0.2, 0.25) is 0 Å². The highest BCUT2D eigenvalue weighted by atomic mass is 32.2. The number of hydrogen-bond acceptors (Lipinski definition) is 7. The fourth-order valence-electron chi connectivity index (χ4n) is 3.19. The van der Waals surface area contributed by atoms with Crippen LogP contribution in [0, 0.1) is 19.8 Å². The number of rotatable bonds is 6. The van der Waals surface area contributed by atoms with Gasteiger partial charge in [-0.2, -0.15) is 0 Å². The van der Waals surface area contributed by atoms with Crippen LogP contribution in [0.15, 0.2) is 58.3 Å². The highest BCUT2D eigenvalue weighted by Crippen LogP contribution is 2.27. The molecule has 1 saturated heterocycles. The molecule has 1 heterocycles. The van der Waals surface area contributed by atoms with E-state index in [9.17, 15) is 26.4 Å². The quantitative estimate of drug-likeness (QED) is 0.468. The monoisotopic (exact) mass is 480 g/mol. The molecule has 0 aliphatic carbocycles. The summed E-state index contributed by atoms with van der Waals surface area (Å²) in [6.07, 6.45) is 0. The Bertz CT molecular complexity index is 1230. The lowest BCUT2D eigenvalue weighted by Gasteiger charge is -2.29. The highest BCUT2D eigenvalue weighted by molar-refractivity contribution is 7.95. The zero-order chi connectivity index (χ0) is 23.0. The Labute approximate surface area is 185 Å². The standard InChI is InChI=1S/C20H20N2O6S3/c1-12-3-7-14(8-4-12)30(25,26)11-16(17-18(23)21-20(29)22-19(17)24)31(27,28)15-9-5-13(2)6-10-15/h3-10,16-17H,11H2,1-2H3,(H2,21,22,23,24,29). The van der Waals surface area contributed by atoms with Crippen molar-refractivity contribution in [3.8, 4) is 0 Å². The van der Waals surface area contributed by atoms with Crippen LogP contribution in [0.3, 0.4) is 0 Å². The third-order valence-corrected chi connectivity index (χ3v) is 9.29. The summed E-state index contributed by atoms with van der Waals surface area (Å²) in [5.74, 6) is -4.68. The van der Waals surface area contributed by atoms with Crippen molar-refractivity contribution in [2.45, 2.75) is 28.9 Å². The van der Waals surface area contributed by atoms with E-state index in [-0.39, 0.29) is 14.9 Å². The summed E-state index contributed by atoms with van der Waals surface area (Å²) in [4.78, 5) is 24.8. The molecule has 0 radical (unpaired) electrons. The number of carbonyl (C=O) groups excluding carboxylic acids is 2. The van der Waals surface area contributed by atoms with E-state index in [1.54, 1.807) is 38.1 Å². The number of carbonyl (C=O) groups is 2. The summed E-state index contributed by atoms with van der Waals surface area (Å²) in [5, 5.41) is 2.29. The van der Waals surface area contributed by atoms with Crippen molar-refractivity contribution in [2.75, 3.05) is 5.75 Å². The molecule has 2 aromatic rings. The van der Waals surface area contributed by atoms with Crippen molar-refractivity contribution in [1.82, 2.24) is 10.6 Å². The van der Waals surface area contributed by atoms with Gasteiger partial charge in [-0.25, -0.2) is 16.8 Å². The second kappa shape index (κ2) is 8.48. The van der Waals surface area contributed by atoms with E-state index >= 15 is 0 Å². The number of thiocarbonyl (C=S) groups is 1. The summed E-state index contributed by atoms with van der Waals surface area (Å²) in [7, 11) is -8.55. The van der Waals surface area contributed by atoms with E-state index < -0.39 is 48.4 Å². The molecule has 164 valence electrons. The molecule has 0 bridgehead atoms. The van der Waals surface area contributed by atoms with Crippen molar-refractivity contribution in [2.24, 2.45) is 5.92 Å². The molecule has 1 unspecified atom stereocenters. The lowest BCUT2D eigenvalue weighted by atomic mass is 10.0. The predicted molar refractivity (Wildman–Crippen MR) is 118 cm³/mol. The number of hydrogen-bond donors (Lipinski definition) is 2. The molecule has 2 amide bonds. The van der Waals surface area contributed by atoms with Gasteiger partial charge in [-0.05, 0) is 50.3 Å². The number of sulfone groups is 2. The second-order valence-corrected chi connectivity index (χ2v) is 11.9. The van der Waals surface area contributed by atoms with E-state index in [0.29, 0.717) is 0 Å². The number of nitrogens with one attached hydrogen (secondary N) is 2. The van der Waals surface area contributed by atoms with Gasteiger partial charge in [0.1, 0.15) is 11.2 Å². The molecule has 0 spiro atoms. The summed E-state index contributed by atoms with van der Waals surface area (Å²) in [5.41, 5.74) is 1.61. The largest absolute Gasteiger partial charge is 0.302 e. The molecule has 11 heteroatoms. The first-order chi connectivity index (χ1) is 14.4. The maximum absolute atomic E-state index is 13.4. The Balaban J connectivity index is 2.11. The van der Waals surface area contributed by atoms with Gasteiger partial charge in [0.25, 0.3) is 0 Å². The van der Waals surface area contributed by atoms with Crippen LogP contribution in [0.25, 0.3) is 0 Å². The predicted octanol–water partition coefficient (Wildman–Crippen LogP) is 1.07. The van der Waals surface area contributed by atoms with Gasteiger partial charge < -0.3 is 10.6 Å². The van der Waals surface area contributed by atoms with Crippen LogP contribution in [-0.4, -0.2) is 44.8 Å². The molecule has 1 aliphatic heterocycles. The first-order valence-corrected chi connectivity index (χ1v) is 12.8. The molecule has 1 aliphatic rings. The molecule has 31 heavy (non-hydrogen) atoms. The van der Waals surface area contributed by atoms with Gasteiger partial charge in [-0.1, -0.05) is 35.4 Å². The molecular formula is C20H20N2O6S3. The average molecular weight is 481 g/mol. The minimum atomic E-state index is -4.39. The van der Waals surface area contributed by atoms with E-state index in [2.05, 4.69) is 10.6 Å². The normalized spacial score (nSPS) is 16.5. The lowest BCUT2D eigenvalue weighted by molar-refractivity contribution is -0.134. The molecule has 2 N–H and O–H groups in total. The maximum atomic E-state index is 13.4. The first-order valence-electron chi connectivity index (χ1n) is 9.17. The van der Waals surface area contributed by atoms with Crippen LogP contribution in [0.1, 0.15) is 11.1 Å². The first kappa shape index (κ1) is 23.0. The molecule has 1 atom stereocenters. The smallest absolute Gasteiger partial charge is 0.240 e. The lowest BCUT2D eigenvalue weighted by Crippen LogP contribution is -2.60. The molecule has 3 rings (SSSR count). The van der Waals surface area contributed by atoms with Gasteiger partial charge >= 0.3 is 0 Å². The Morgan fingerprint density at radius 3 is 1.68 bits per heavy atom. The van der Waals surface area contributed by atoms with Gasteiger partial charge in [0, 0.05) is 0 Å². The molecule has 0 aromatic heterocycles. The molecule has 8 nitrogen and oxygen atoms in total. The molecule has 2 aromatic carbocycles. The van der Waals surface area contributed by atoms with Gasteiger partial charge in [0.15, 0.2) is 24.8 Å². The number of aryl methyl sites for hydroxylation is 2. The number of amides is 2. The van der Waals surface area contributed by atoms with Crippen LogP contribution in [0.4, 0.5) is 0 Å². The fraction of sp³-hybridized carbons (Fsp3) is 0.250. The maximum Gasteiger partial charge on any atom is 0.240 e. The van der Waals surface area contributed by atoms with Crippen molar-refractivity contribution >= 4 is 48.8 Å². The minimum absolute atomic E-state index is 0.102. The summed E-state index contributed by atoms with van der Waals surface area (Å²) < 4.78 is 52.9. The Kier molecular flexibility index (Phi) is 6.30. The number of benzene rings is 2. The highest BCUT2D eigenvalue weighted by Gasteiger charge is 2.48. The molecular weight excluding hydrogens is 460 g/mol. The van der Waals surface area contributed by atoms with Crippen LogP contribution < -0.4 is 10.6 Å². The SMILES string of the molecule is Cc1ccc(S(=O)(=O)CC(C2C(=O)NC(=S)NC2=O)S(=O)(=O)c2ccc(C)cc2)cc1. The minimum Gasteiger partial charge on any atom is -0.302 e. The summed E-state index contributed by atoms with van der Waals surface area (Å²) >= 11 is 4.77. The van der Waals surface area contributed by atoms with E-state index in [4.69, 9.17) is 12.2 Å². The van der Waals surface area contributed by atoms with Crippen molar-refractivity contribution in [3.05, 3.63) is 59.7 Å². The second-order valence-electron chi connectivity index (χ2n) is 7.28. The van der Waals surface area contributed by atoms with Gasteiger partial charge in [-0.15, -0.1) is 0 Å². The topological polar surface area (TPSA) is 126 Å². The van der Waals surface area contributed by atoms with Crippen molar-refractivity contribution in [3.63, 3.8) is 0 Å². The third-order valence-electron chi connectivity index (χ3n) is 4.92.